The number of hydrogen-bond donors (Lipinski definition) is 2. The maximum atomic E-state index is 11.9. The summed E-state index contributed by atoms with van der Waals surface area (Å²) in [5, 5.41) is 5.96. The molecule has 3 rings (SSSR count). The molecule has 1 aromatic rings. The molecule has 21 heavy (non-hydrogen) atoms. The SMILES string of the molecule is COc1cc(NC(=O)C2CNC2)ccc1N1CCCC1=O. The molecule has 2 saturated heterocycles. The van der Waals surface area contributed by atoms with Gasteiger partial charge in [-0.15, -0.1) is 0 Å². The molecule has 6 nitrogen and oxygen atoms in total. The van der Waals surface area contributed by atoms with Crippen LogP contribution in [0, 0.1) is 5.92 Å². The average Bonchev–Trinajstić information content (AvgIpc) is 2.82. The predicted octanol–water partition coefficient (Wildman–Crippen LogP) is 0.980. The Balaban J connectivity index is 1.78. The van der Waals surface area contributed by atoms with Crippen LogP contribution in [0.15, 0.2) is 18.2 Å². The van der Waals surface area contributed by atoms with E-state index in [1.54, 1.807) is 18.1 Å². The average molecular weight is 289 g/mol. The number of ether oxygens (including phenoxy) is 1. The Labute approximate surface area is 123 Å². The van der Waals surface area contributed by atoms with Crippen LogP contribution in [0.1, 0.15) is 12.8 Å². The molecule has 0 saturated carbocycles. The van der Waals surface area contributed by atoms with Crippen molar-refractivity contribution in [1.82, 2.24) is 5.32 Å². The lowest BCUT2D eigenvalue weighted by Gasteiger charge is -2.26. The largest absolute Gasteiger partial charge is 0.494 e. The summed E-state index contributed by atoms with van der Waals surface area (Å²) in [5.74, 6) is 0.775. The molecular weight excluding hydrogens is 270 g/mol. The first-order valence-corrected chi connectivity index (χ1v) is 7.19. The molecule has 2 aliphatic rings. The van der Waals surface area contributed by atoms with Crippen LogP contribution in [0.4, 0.5) is 11.4 Å². The van der Waals surface area contributed by atoms with Gasteiger partial charge >= 0.3 is 0 Å². The first kappa shape index (κ1) is 13.9. The summed E-state index contributed by atoms with van der Waals surface area (Å²) in [6.07, 6.45) is 1.45. The second-order valence-electron chi connectivity index (χ2n) is 5.38. The highest BCUT2D eigenvalue weighted by molar-refractivity contribution is 5.98. The second-order valence-corrected chi connectivity index (χ2v) is 5.38. The van der Waals surface area contributed by atoms with Gasteiger partial charge in [-0.05, 0) is 18.6 Å². The summed E-state index contributed by atoms with van der Waals surface area (Å²) in [5.41, 5.74) is 1.46. The number of nitrogens with one attached hydrogen (secondary N) is 2. The smallest absolute Gasteiger partial charge is 0.230 e. The van der Waals surface area contributed by atoms with Gasteiger partial charge in [-0.25, -0.2) is 0 Å². The number of carbonyl (C=O) groups is 2. The molecule has 6 heteroatoms. The number of carbonyl (C=O) groups excluding carboxylic acids is 2. The fourth-order valence-electron chi connectivity index (χ4n) is 2.60. The topological polar surface area (TPSA) is 70.7 Å². The summed E-state index contributed by atoms with van der Waals surface area (Å²) >= 11 is 0. The van der Waals surface area contributed by atoms with Crippen molar-refractivity contribution in [3.63, 3.8) is 0 Å². The molecule has 0 atom stereocenters. The standard InChI is InChI=1S/C15H19N3O3/c1-21-13-7-11(17-15(20)10-8-16-9-10)4-5-12(13)18-6-2-3-14(18)19/h4-5,7,10,16H,2-3,6,8-9H2,1H3,(H,17,20). The monoisotopic (exact) mass is 289 g/mol. The molecule has 2 fully saturated rings. The zero-order valence-corrected chi connectivity index (χ0v) is 12.0. The van der Waals surface area contributed by atoms with Crippen LogP contribution in [0.2, 0.25) is 0 Å². The molecule has 1 aromatic carbocycles. The van der Waals surface area contributed by atoms with Crippen LogP contribution in [0.3, 0.4) is 0 Å². The number of amides is 2. The minimum absolute atomic E-state index is 0.0146. The maximum absolute atomic E-state index is 11.9. The van der Waals surface area contributed by atoms with Gasteiger partial charge in [0.05, 0.1) is 18.7 Å². The van der Waals surface area contributed by atoms with Gasteiger partial charge in [-0.2, -0.15) is 0 Å². The molecular formula is C15H19N3O3. The Kier molecular flexibility index (Phi) is 3.79. The third-order valence-corrected chi connectivity index (χ3v) is 3.96. The third kappa shape index (κ3) is 2.71. The maximum Gasteiger partial charge on any atom is 0.230 e. The first-order valence-electron chi connectivity index (χ1n) is 7.19. The Morgan fingerprint density at radius 2 is 2.24 bits per heavy atom. The molecule has 0 bridgehead atoms. The van der Waals surface area contributed by atoms with E-state index in [2.05, 4.69) is 10.6 Å². The van der Waals surface area contributed by atoms with Crippen molar-refractivity contribution >= 4 is 23.2 Å². The third-order valence-electron chi connectivity index (χ3n) is 3.96. The molecule has 0 unspecified atom stereocenters. The van der Waals surface area contributed by atoms with Crippen LogP contribution in [0.5, 0.6) is 5.75 Å². The minimum Gasteiger partial charge on any atom is -0.494 e. The van der Waals surface area contributed by atoms with E-state index in [-0.39, 0.29) is 17.7 Å². The van der Waals surface area contributed by atoms with E-state index in [1.807, 2.05) is 12.1 Å². The Bertz CT molecular complexity index is 569. The van der Waals surface area contributed by atoms with E-state index in [9.17, 15) is 9.59 Å². The lowest BCUT2D eigenvalue weighted by molar-refractivity contribution is -0.121. The van der Waals surface area contributed by atoms with E-state index in [1.165, 1.54) is 0 Å². The fourth-order valence-corrected chi connectivity index (χ4v) is 2.60. The van der Waals surface area contributed by atoms with Crippen LogP contribution in [-0.2, 0) is 9.59 Å². The molecule has 0 aliphatic carbocycles. The van der Waals surface area contributed by atoms with Crippen molar-refractivity contribution in [2.75, 3.05) is 37.0 Å². The highest BCUT2D eigenvalue weighted by Gasteiger charge is 2.26. The van der Waals surface area contributed by atoms with E-state index < -0.39 is 0 Å². The molecule has 2 aliphatic heterocycles. The van der Waals surface area contributed by atoms with Crippen molar-refractivity contribution in [2.24, 2.45) is 5.92 Å². The Morgan fingerprint density at radius 1 is 1.43 bits per heavy atom. The fraction of sp³-hybridized carbons (Fsp3) is 0.467. The summed E-state index contributed by atoms with van der Waals surface area (Å²) in [7, 11) is 1.57. The van der Waals surface area contributed by atoms with Crippen LogP contribution < -0.4 is 20.3 Å². The van der Waals surface area contributed by atoms with Gasteiger partial charge in [0.25, 0.3) is 0 Å². The van der Waals surface area contributed by atoms with Gasteiger partial charge in [0.1, 0.15) is 5.75 Å². The number of rotatable bonds is 4. The zero-order chi connectivity index (χ0) is 14.8. The summed E-state index contributed by atoms with van der Waals surface area (Å²) in [6, 6.07) is 5.41. The molecule has 0 aromatic heterocycles. The van der Waals surface area contributed by atoms with Crippen LogP contribution >= 0.6 is 0 Å². The predicted molar refractivity (Wildman–Crippen MR) is 79.6 cm³/mol. The second kappa shape index (κ2) is 5.73. The number of benzene rings is 1. The van der Waals surface area contributed by atoms with E-state index in [0.29, 0.717) is 24.4 Å². The van der Waals surface area contributed by atoms with Crippen molar-refractivity contribution in [1.29, 1.82) is 0 Å². The lowest BCUT2D eigenvalue weighted by atomic mass is 10.0. The summed E-state index contributed by atoms with van der Waals surface area (Å²) < 4.78 is 5.37. The van der Waals surface area contributed by atoms with Gasteiger partial charge in [-0.1, -0.05) is 0 Å². The number of nitrogens with zero attached hydrogens (tertiary/aromatic N) is 1. The number of hydrogen-bond acceptors (Lipinski definition) is 4. The van der Waals surface area contributed by atoms with Gasteiger partial charge in [0, 0.05) is 37.8 Å². The first-order chi connectivity index (χ1) is 10.2. The zero-order valence-electron chi connectivity index (χ0n) is 12.0. The van der Waals surface area contributed by atoms with E-state index >= 15 is 0 Å². The highest BCUT2D eigenvalue weighted by atomic mass is 16.5. The molecule has 2 amide bonds. The summed E-state index contributed by atoms with van der Waals surface area (Å²) in [4.78, 5) is 25.5. The Morgan fingerprint density at radius 3 is 2.81 bits per heavy atom. The van der Waals surface area contributed by atoms with E-state index in [4.69, 9.17) is 4.74 Å². The molecule has 112 valence electrons. The Hall–Kier alpha value is -2.08. The van der Waals surface area contributed by atoms with Gasteiger partial charge in [0.2, 0.25) is 11.8 Å². The summed E-state index contributed by atoms with van der Waals surface area (Å²) in [6.45, 7) is 2.17. The van der Waals surface area contributed by atoms with E-state index in [0.717, 1.165) is 25.2 Å². The van der Waals surface area contributed by atoms with Crippen molar-refractivity contribution in [2.45, 2.75) is 12.8 Å². The van der Waals surface area contributed by atoms with Crippen molar-refractivity contribution < 1.29 is 14.3 Å². The minimum atomic E-state index is 0.0146. The van der Waals surface area contributed by atoms with Crippen LogP contribution in [-0.4, -0.2) is 38.6 Å². The van der Waals surface area contributed by atoms with Crippen LogP contribution in [0.25, 0.3) is 0 Å². The molecule has 2 heterocycles. The number of methoxy groups -OCH3 is 1. The molecule has 0 spiro atoms. The van der Waals surface area contributed by atoms with Gasteiger partial charge in [0.15, 0.2) is 0 Å². The van der Waals surface area contributed by atoms with Gasteiger partial charge in [-0.3, -0.25) is 9.59 Å². The molecule has 0 radical (unpaired) electrons. The normalized spacial score (nSPS) is 18.5. The highest BCUT2D eigenvalue weighted by Crippen LogP contribution is 2.33. The lowest BCUT2D eigenvalue weighted by Crippen LogP contribution is -2.48. The quantitative estimate of drug-likeness (QED) is 0.867. The number of anilines is 2. The molecule has 2 N–H and O–H groups in total. The van der Waals surface area contributed by atoms with Crippen molar-refractivity contribution in [3.8, 4) is 5.75 Å². The van der Waals surface area contributed by atoms with Crippen molar-refractivity contribution in [3.05, 3.63) is 18.2 Å². The van der Waals surface area contributed by atoms with Gasteiger partial charge < -0.3 is 20.3 Å².